The molecule has 2 radical (unpaired) electrons. The second-order valence-corrected chi connectivity index (χ2v) is 27.3. The molecule has 6 heterocycles. The van der Waals surface area contributed by atoms with Crippen LogP contribution in [-0.4, -0.2) is 143 Å². The van der Waals surface area contributed by atoms with E-state index in [-0.39, 0.29) is 98.6 Å². The minimum Gasteiger partial charge on any atom is -0.540 e. The third-order valence-electron chi connectivity index (χ3n) is 19.6. The van der Waals surface area contributed by atoms with Gasteiger partial charge in [-0.1, -0.05) is 113 Å². The molecule has 19 nitrogen and oxygen atoms in total. The van der Waals surface area contributed by atoms with Crippen LogP contribution in [0.5, 0.6) is 23.3 Å². The van der Waals surface area contributed by atoms with Crippen molar-refractivity contribution < 1.29 is 99.0 Å². The third kappa shape index (κ3) is 15.9. The number of hydrogen-bond acceptors (Lipinski definition) is 17. The van der Waals surface area contributed by atoms with Gasteiger partial charge < -0.3 is 52.5 Å². The molecule has 10 rings (SSSR count). The Kier molecular flexibility index (Phi) is 23.9. The number of amides is 2. The van der Waals surface area contributed by atoms with Crippen LogP contribution in [0.3, 0.4) is 0 Å². The molecule has 0 spiro atoms. The van der Waals surface area contributed by atoms with E-state index < -0.39 is 64.1 Å². The summed E-state index contributed by atoms with van der Waals surface area (Å²) in [5.74, 6) is -0.389. The minimum atomic E-state index is -0.801. The molecule has 2 saturated carbocycles. The maximum Gasteiger partial charge on any atom is 0.307 e. The molecule has 2 aromatic carbocycles. The molecular formula is C68H92N6O13V2-2. The Labute approximate surface area is 549 Å². The summed E-state index contributed by atoms with van der Waals surface area (Å²) in [6, 6.07) is 9.62. The van der Waals surface area contributed by atoms with Gasteiger partial charge in [0.25, 0.3) is 0 Å². The molecule has 2 aromatic heterocycles. The zero-order chi connectivity index (χ0) is 62.6. The second-order valence-electron chi connectivity index (χ2n) is 27.3. The van der Waals surface area contributed by atoms with Gasteiger partial charge in [-0.15, -0.1) is 0 Å². The number of hydrogen-bond donors (Lipinski definition) is 0. The Morgan fingerprint density at radius 3 is 1.37 bits per heavy atom. The van der Waals surface area contributed by atoms with E-state index in [0.29, 0.717) is 72.5 Å². The van der Waals surface area contributed by atoms with Crippen LogP contribution >= 0.6 is 0 Å². The number of carbonyl (C=O) groups excluding carboxylic acids is 6. The van der Waals surface area contributed by atoms with Crippen molar-refractivity contribution in [3.8, 4) is 23.3 Å². The van der Waals surface area contributed by atoms with Crippen molar-refractivity contribution in [1.29, 1.82) is 0 Å². The van der Waals surface area contributed by atoms with E-state index in [4.69, 9.17) is 53.1 Å². The van der Waals surface area contributed by atoms with Crippen LogP contribution in [0, 0.1) is 46.3 Å². The van der Waals surface area contributed by atoms with E-state index in [9.17, 15) is 28.8 Å². The van der Waals surface area contributed by atoms with Crippen LogP contribution in [0.2, 0.25) is 0 Å². The zero-order valence-corrected chi connectivity index (χ0v) is 57.1. The predicted octanol–water partition coefficient (Wildman–Crippen LogP) is 10.5. The van der Waals surface area contributed by atoms with Crippen LogP contribution in [0.1, 0.15) is 170 Å². The first-order valence-electron chi connectivity index (χ1n) is 31.9. The average Bonchev–Trinajstić information content (AvgIpc) is 1.71. The first kappa shape index (κ1) is 71.1. The Hall–Kier alpha value is -5.33. The van der Waals surface area contributed by atoms with Gasteiger partial charge >= 0.3 is 11.9 Å². The molecule has 21 heteroatoms. The number of esters is 2. The molecule has 4 aliphatic heterocycles. The van der Waals surface area contributed by atoms with Gasteiger partial charge in [0, 0.05) is 68.2 Å². The van der Waals surface area contributed by atoms with Crippen molar-refractivity contribution in [2.45, 2.75) is 207 Å². The molecule has 0 N–H and O–H groups in total. The van der Waals surface area contributed by atoms with Crippen LogP contribution in [-0.2, 0) is 92.9 Å². The molecule has 12 atom stereocenters. The molecule has 6 aliphatic rings. The maximum absolute atomic E-state index is 14.2. The summed E-state index contributed by atoms with van der Waals surface area (Å²) in [4.78, 5) is 103. The van der Waals surface area contributed by atoms with Crippen LogP contribution in [0.15, 0.2) is 36.4 Å². The fraction of sp³-hybridized carbons (Fsp3) is 0.676. The van der Waals surface area contributed by atoms with E-state index in [2.05, 4.69) is 19.5 Å². The molecule has 4 fully saturated rings. The average molecular weight is 1300 g/mol. The zero-order valence-electron chi connectivity index (χ0n) is 54.3. The number of nitrogens with zero attached hydrogens (tertiary/aromatic N) is 6. The van der Waals surface area contributed by atoms with E-state index in [1.807, 2.05) is 91.8 Å². The van der Waals surface area contributed by atoms with Gasteiger partial charge in [-0.2, -0.15) is 0 Å². The number of ether oxygens (including phenoxy) is 7. The summed E-state index contributed by atoms with van der Waals surface area (Å²) in [7, 11) is 4.84. The summed E-state index contributed by atoms with van der Waals surface area (Å²) in [6.07, 6.45) is 15.9. The number of aryl methyl sites for hydroxylation is 2. The van der Waals surface area contributed by atoms with Crippen LogP contribution in [0.25, 0.3) is 22.1 Å². The Morgan fingerprint density at radius 1 is 0.573 bits per heavy atom. The molecule has 4 bridgehead atoms. The standard InChI is InChI=1S/C34H46N3O7.C34H46N3O6.2V/c1-7-23-28(19-38)37-18-29(23)43-31-26(35-25-14-13-22(42-6)15-27(25)36-31)12-10-8-9-11-21-17-34(21,20-41-5)44-30(39)16-24(32(37)40)33(2,3)4;1-7-23-28(20-38)37-19-29(23)42-31-26(35-25-15-14-22(41-6)16-27(25)36-31)13-11-9-10-12-21-18-34(21,8-2)43-30(39)17-24(32(37)40)33(3,4)5;;/h13-15,21,23-24,28-29H,7-12,16-18,20H2,1-6H3;14-16,21,23-24,28-29H,7-13,17-19H2,1-6H3;;/q2*-1;;/t21-,23+,24-,28-,29+,34+;21-,23+,24-,28-,29+,34-;;/m11../s1. The van der Waals surface area contributed by atoms with Gasteiger partial charge in [0.05, 0.1) is 80.7 Å². The maximum atomic E-state index is 14.2. The summed E-state index contributed by atoms with van der Waals surface area (Å²) in [6.45, 7) is 18.4. The van der Waals surface area contributed by atoms with Gasteiger partial charge in [0.2, 0.25) is 23.6 Å². The van der Waals surface area contributed by atoms with Crippen molar-refractivity contribution in [3.63, 3.8) is 0 Å². The van der Waals surface area contributed by atoms with Gasteiger partial charge in [-0.3, -0.25) is 19.2 Å². The molecule has 89 heavy (non-hydrogen) atoms. The van der Waals surface area contributed by atoms with Gasteiger partial charge in [-0.25, -0.2) is 32.5 Å². The number of carbonyl (C=O) groups is 4. The van der Waals surface area contributed by atoms with E-state index in [1.165, 1.54) is 0 Å². The molecule has 2 amide bonds. The summed E-state index contributed by atoms with van der Waals surface area (Å²) >= 11 is 0. The van der Waals surface area contributed by atoms with Crippen molar-refractivity contribution in [3.05, 3.63) is 47.8 Å². The van der Waals surface area contributed by atoms with Crippen molar-refractivity contribution in [2.24, 2.45) is 46.3 Å². The smallest absolute Gasteiger partial charge is 0.307 e. The first-order chi connectivity index (χ1) is 41.6. The minimum absolute atomic E-state index is 0. The van der Waals surface area contributed by atoms with E-state index in [1.54, 1.807) is 31.1 Å². The molecule has 4 aromatic rings. The van der Waals surface area contributed by atoms with Crippen molar-refractivity contribution in [2.75, 3.05) is 41.0 Å². The van der Waals surface area contributed by atoms with Crippen LogP contribution in [0.4, 0.5) is 0 Å². The van der Waals surface area contributed by atoms with Gasteiger partial charge in [0.15, 0.2) is 0 Å². The summed E-state index contributed by atoms with van der Waals surface area (Å²) in [5.41, 5.74) is 2.22. The normalized spacial score (nSPS) is 29.5. The summed E-state index contributed by atoms with van der Waals surface area (Å²) in [5, 5.41) is 0. The predicted molar refractivity (Wildman–Crippen MR) is 326 cm³/mol. The first-order valence-corrected chi connectivity index (χ1v) is 31.9. The number of aromatic nitrogens is 4. The van der Waals surface area contributed by atoms with Crippen molar-refractivity contribution in [1.82, 2.24) is 29.7 Å². The topological polar surface area (TPSA) is 225 Å². The molecule has 2 aliphatic carbocycles. The van der Waals surface area contributed by atoms with E-state index >= 15 is 0 Å². The number of rotatable bonds is 9. The fourth-order valence-corrected chi connectivity index (χ4v) is 14.1. The number of methoxy groups -OCH3 is 3. The molecule has 2 saturated heterocycles. The number of fused-ring (bicyclic) bond motifs is 10. The quantitative estimate of drug-likeness (QED) is 0.112. The summed E-state index contributed by atoms with van der Waals surface area (Å²) < 4.78 is 41.7. The molecule has 484 valence electrons. The largest absolute Gasteiger partial charge is 0.540 e. The van der Waals surface area contributed by atoms with Gasteiger partial charge in [0.1, 0.15) is 46.3 Å². The SMILES string of the molecule is CC[C@@H]1[C@@H]2CN(C(=O)[C@H](C(C)(C)C)CC(=O)O[C@]3(CC)C[C@H]3CCCCCc3nc4ccc(OC)cc4nc3O2)[C@@H]1[C-]=O.CC[C@@H]1[C@@H]2CN(C(=O)[C@H](C(C)(C)C)CC(=O)O[C@]3(COC)C[C@H]3CCCCCc3nc4ccc(OC)cc4nc3O2)[C@@H]1[C-]=O.[V].[V]. The molecular weight excluding hydrogens is 1210 g/mol. The second kappa shape index (κ2) is 30.0. The van der Waals surface area contributed by atoms with Gasteiger partial charge in [-0.05, 0) is 105 Å². The Balaban J connectivity index is 0.000000248. The molecule has 0 unspecified atom stereocenters. The Morgan fingerprint density at radius 2 is 0.989 bits per heavy atom. The monoisotopic (exact) mass is 1300 g/mol. The third-order valence-corrected chi connectivity index (χ3v) is 19.6. The fourth-order valence-electron chi connectivity index (χ4n) is 14.1. The number of benzene rings is 2. The van der Waals surface area contributed by atoms with Crippen molar-refractivity contribution >= 4 is 58.4 Å². The van der Waals surface area contributed by atoms with E-state index in [0.717, 1.165) is 93.1 Å². The van der Waals surface area contributed by atoms with Crippen LogP contribution < -0.4 is 18.9 Å². The Bertz CT molecular complexity index is 3160.